The van der Waals surface area contributed by atoms with Crippen LogP contribution in [-0.2, 0) is 23.1 Å². The van der Waals surface area contributed by atoms with Gasteiger partial charge in [-0.3, -0.25) is 19.4 Å². The van der Waals surface area contributed by atoms with Crippen molar-refractivity contribution in [3.63, 3.8) is 0 Å². The lowest BCUT2D eigenvalue weighted by Gasteiger charge is -2.11. The maximum Gasteiger partial charge on any atom is 0.416 e. The first-order valence-corrected chi connectivity index (χ1v) is 8.17. The standard InChI is InChI=1S/C13H11F3N2O5S/c1-18-12(21)9(11(20)17-18)10(19)7-4-3-6(13(14,15)16)5-8(7)24(2,22)23/h3-5,21H,1-2H3,(H,17,20). The van der Waals surface area contributed by atoms with Crippen molar-refractivity contribution in [1.82, 2.24) is 9.78 Å². The van der Waals surface area contributed by atoms with Crippen LogP contribution in [-0.4, -0.2) is 35.3 Å². The number of rotatable bonds is 3. The summed E-state index contributed by atoms with van der Waals surface area (Å²) >= 11 is 0. The third kappa shape index (κ3) is 3.07. The molecule has 1 heterocycles. The van der Waals surface area contributed by atoms with E-state index in [0.717, 1.165) is 4.68 Å². The summed E-state index contributed by atoms with van der Waals surface area (Å²) < 4.78 is 62.7. The normalized spacial score (nSPS) is 12.4. The predicted octanol–water partition coefficient (Wildman–Crippen LogP) is 1.07. The zero-order valence-corrected chi connectivity index (χ0v) is 13.1. The molecule has 0 radical (unpaired) electrons. The first-order chi connectivity index (χ1) is 10.8. The molecule has 0 bridgehead atoms. The number of H-pyrrole nitrogens is 1. The Morgan fingerprint density at radius 2 is 1.88 bits per heavy atom. The number of hydrogen-bond acceptors (Lipinski definition) is 5. The first kappa shape index (κ1) is 17.8. The van der Waals surface area contributed by atoms with Gasteiger partial charge in [-0.1, -0.05) is 0 Å². The average molecular weight is 364 g/mol. The lowest BCUT2D eigenvalue weighted by atomic mass is 10.0. The quantitative estimate of drug-likeness (QED) is 0.792. The number of aromatic hydroxyl groups is 1. The SMILES string of the molecule is Cn1[nH]c(=O)c(C(=O)c2ccc(C(F)(F)F)cc2S(C)(=O)=O)c1O. The van der Waals surface area contributed by atoms with E-state index in [-0.39, 0.29) is 0 Å². The molecule has 24 heavy (non-hydrogen) atoms. The van der Waals surface area contributed by atoms with Crippen LogP contribution in [0.1, 0.15) is 21.5 Å². The molecule has 0 saturated heterocycles. The van der Waals surface area contributed by atoms with E-state index in [2.05, 4.69) is 5.10 Å². The lowest BCUT2D eigenvalue weighted by molar-refractivity contribution is -0.137. The molecule has 0 aliphatic heterocycles. The van der Waals surface area contributed by atoms with E-state index >= 15 is 0 Å². The minimum absolute atomic E-state index is 0.316. The predicted molar refractivity (Wildman–Crippen MR) is 75.7 cm³/mol. The maximum atomic E-state index is 12.8. The number of nitrogens with zero attached hydrogens (tertiary/aromatic N) is 1. The van der Waals surface area contributed by atoms with Gasteiger partial charge in [-0.25, -0.2) is 8.42 Å². The Morgan fingerprint density at radius 1 is 1.29 bits per heavy atom. The van der Waals surface area contributed by atoms with Gasteiger partial charge in [0.05, 0.1) is 10.5 Å². The number of alkyl halides is 3. The van der Waals surface area contributed by atoms with Gasteiger partial charge in [-0.05, 0) is 18.2 Å². The summed E-state index contributed by atoms with van der Waals surface area (Å²) in [5, 5.41) is 11.8. The van der Waals surface area contributed by atoms with Crippen LogP contribution in [0.5, 0.6) is 5.88 Å². The summed E-state index contributed by atoms with van der Waals surface area (Å²) in [5.41, 5.74) is -3.66. The van der Waals surface area contributed by atoms with Crippen LogP contribution >= 0.6 is 0 Å². The van der Waals surface area contributed by atoms with E-state index in [9.17, 15) is 36.3 Å². The van der Waals surface area contributed by atoms with E-state index in [0.29, 0.717) is 24.5 Å². The average Bonchev–Trinajstić information content (AvgIpc) is 2.69. The van der Waals surface area contributed by atoms with Crippen molar-refractivity contribution in [1.29, 1.82) is 0 Å². The summed E-state index contributed by atoms with van der Waals surface area (Å²) in [4.78, 5) is 23.2. The zero-order valence-electron chi connectivity index (χ0n) is 12.3. The Labute approximate surface area is 133 Å². The lowest BCUT2D eigenvalue weighted by Crippen LogP contribution is -2.17. The van der Waals surface area contributed by atoms with Crippen LogP contribution in [0.25, 0.3) is 0 Å². The summed E-state index contributed by atoms with van der Waals surface area (Å²) in [6.07, 6.45) is -4.18. The van der Waals surface area contributed by atoms with Crippen LogP contribution < -0.4 is 5.56 Å². The maximum absolute atomic E-state index is 12.8. The molecule has 2 aromatic rings. The number of nitrogens with one attached hydrogen (secondary N) is 1. The van der Waals surface area contributed by atoms with Crippen molar-refractivity contribution in [2.24, 2.45) is 7.05 Å². The molecule has 0 unspecified atom stereocenters. The third-order valence-electron chi connectivity index (χ3n) is 3.22. The first-order valence-electron chi connectivity index (χ1n) is 6.28. The van der Waals surface area contributed by atoms with Gasteiger partial charge in [0.2, 0.25) is 11.7 Å². The number of benzene rings is 1. The van der Waals surface area contributed by atoms with Gasteiger partial charge >= 0.3 is 6.18 Å². The molecule has 2 N–H and O–H groups in total. The van der Waals surface area contributed by atoms with E-state index in [4.69, 9.17) is 0 Å². The molecule has 2 rings (SSSR count). The van der Waals surface area contributed by atoms with E-state index in [1.807, 2.05) is 0 Å². The number of sulfone groups is 1. The number of carbonyl (C=O) groups excluding carboxylic acids is 1. The van der Waals surface area contributed by atoms with E-state index in [1.54, 1.807) is 0 Å². The van der Waals surface area contributed by atoms with Crippen molar-refractivity contribution >= 4 is 15.6 Å². The van der Waals surface area contributed by atoms with Gasteiger partial charge in [0.15, 0.2) is 15.4 Å². The van der Waals surface area contributed by atoms with Gasteiger partial charge in [0.1, 0.15) is 0 Å². The van der Waals surface area contributed by atoms with Crippen LogP contribution in [0.4, 0.5) is 13.2 Å². The molecule has 1 aromatic heterocycles. The third-order valence-corrected chi connectivity index (χ3v) is 4.35. The monoisotopic (exact) mass is 364 g/mol. The van der Waals surface area contributed by atoms with E-state index < -0.39 is 54.8 Å². The smallest absolute Gasteiger partial charge is 0.416 e. The second kappa shape index (κ2) is 5.51. The Balaban J connectivity index is 2.75. The fraction of sp³-hybridized carbons (Fsp3) is 0.231. The summed E-state index contributed by atoms with van der Waals surface area (Å²) in [6, 6.07) is 1.50. The fourth-order valence-corrected chi connectivity index (χ4v) is 2.96. The number of hydrogen-bond donors (Lipinski definition) is 2. The molecule has 0 aliphatic rings. The van der Waals surface area contributed by atoms with Crippen molar-refractivity contribution in [2.45, 2.75) is 11.1 Å². The molecule has 1 aromatic carbocycles. The summed E-state index contributed by atoms with van der Waals surface area (Å²) in [5.74, 6) is -1.96. The molecule has 0 aliphatic carbocycles. The van der Waals surface area contributed by atoms with Crippen LogP contribution in [0.15, 0.2) is 27.9 Å². The van der Waals surface area contributed by atoms with Crippen LogP contribution in [0.2, 0.25) is 0 Å². The molecule has 7 nitrogen and oxygen atoms in total. The van der Waals surface area contributed by atoms with Gasteiger partial charge in [0.25, 0.3) is 5.56 Å². The molecular formula is C13H11F3N2O5S. The van der Waals surface area contributed by atoms with Gasteiger partial charge in [-0.15, -0.1) is 0 Å². The zero-order chi connectivity index (χ0) is 18.4. The number of ketones is 1. The number of aryl methyl sites for hydroxylation is 1. The number of carbonyl (C=O) groups is 1. The molecule has 0 saturated carbocycles. The highest BCUT2D eigenvalue weighted by atomic mass is 32.2. The van der Waals surface area contributed by atoms with Crippen molar-refractivity contribution in [3.05, 3.63) is 45.2 Å². The molecule has 130 valence electrons. The second-order valence-corrected chi connectivity index (χ2v) is 6.99. The van der Waals surface area contributed by atoms with Crippen molar-refractivity contribution in [2.75, 3.05) is 6.26 Å². The molecule has 11 heteroatoms. The van der Waals surface area contributed by atoms with E-state index in [1.165, 1.54) is 7.05 Å². The Kier molecular flexibility index (Phi) is 4.08. The van der Waals surface area contributed by atoms with Crippen LogP contribution in [0.3, 0.4) is 0 Å². The van der Waals surface area contributed by atoms with Gasteiger partial charge < -0.3 is 5.11 Å². The minimum atomic E-state index is -4.81. The Bertz CT molecular complexity index is 986. The largest absolute Gasteiger partial charge is 0.493 e. The molecule has 0 fully saturated rings. The number of halogens is 3. The second-order valence-electron chi connectivity index (χ2n) is 5.01. The summed E-state index contributed by atoms with van der Waals surface area (Å²) in [7, 11) is -2.99. The Morgan fingerprint density at radius 3 is 2.29 bits per heavy atom. The fourth-order valence-electron chi connectivity index (χ4n) is 2.06. The highest BCUT2D eigenvalue weighted by Crippen LogP contribution is 2.32. The highest BCUT2D eigenvalue weighted by molar-refractivity contribution is 7.90. The number of aromatic amines is 1. The molecule has 0 atom stereocenters. The topological polar surface area (TPSA) is 109 Å². The van der Waals surface area contributed by atoms with Crippen molar-refractivity contribution in [3.8, 4) is 5.88 Å². The molecular weight excluding hydrogens is 353 g/mol. The minimum Gasteiger partial charge on any atom is -0.493 e. The molecule has 0 spiro atoms. The highest BCUT2D eigenvalue weighted by Gasteiger charge is 2.34. The Hall–Kier alpha value is -2.56. The van der Waals surface area contributed by atoms with Gasteiger partial charge in [-0.2, -0.15) is 13.2 Å². The van der Waals surface area contributed by atoms with Crippen molar-refractivity contribution < 1.29 is 31.5 Å². The van der Waals surface area contributed by atoms with Gasteiger partial charge in [0, 0.05) is 18.9 Å². The summed E-state index contributed by atoms with van der Waals surface area (Å²) in [6.45, 7) is 0. The van der Waals surface area contributed by atoms with Crippen LogP contribution in [0, 0.1) is 0 Å². The number of aromatic nitrogens is 2. The molecule has 0 amide bonds.